The van der Waals surface area contributed by atoms with Crippen molar-refractivity contribution in [1.29, 1.82) is 0 Å². The summed E-state index contributed by atoms with van der Waals surface area (Å²) in [5.74, 6) is -0.259. The normalized spacial score (nSPS) is 18.2. The maximum Gasteiger partial charge on any atom is 0.268 e. The van der Waals surface area contributed by atoms with Gasteiger partial charge in [-0.3, -0.25) is 14.5 Å². The lowest BCUT2D eigenvalue weighted by Gasteiger charge is -2.35. The fourth-order valence-corrected chi connectivity index (χ4v) is 3.04. The molecule has 0 aliphatic carbocycles. The Labute approximate surface area is 140 Å². The molecule has 128 valence electrons. The van der Waals surface area contributed by atoms with Crippen molar-refractivity contribution in [3.8, 4) is 0 Å². The molecule has 1 aliphatic rings. The summed E-state index contributed by atoms with van der Waals surface area (Å²) in [5.41, 5.74) is 0.0480. The SMILES string of the molecule is C[C@H](NC(=O)c1cc2ccccc2c(=O)[nH]1)[C@H](C)N1CCOCC1. The van der Waals surface area contributed by atoms with Gasteiger partial charge in [-0.15, -0.1) is 0 Å². The van der Waals surface area contributed by atoms with Crippen molar-refractivity contribution in [3.05, 3.63) is 46.4 Å². The second kappa shape index (κ2) is 7.15. The van der Waals surface area contributed by atoms with E-state index in [1.165, 1.54) is 0 Å². The second-order valence-corrected chi connectivity index (χ2v) is 6.25. The first kappa shape index (κ1) is 16.7. The van der Waals surface area contributed by atoms with Crippen molar-refractivity contribution in [2.24, 2.45) is 0 Å². The molecule has 6 nitrogen and oxygen atoms in total. The standard InChI is InChI=1S/C18H23N3O3/c1-12(13(2)21-7-9-24-10-8-21)19-18(23)16-11-14-5-3-4-6-15(14)17(22)20-16/h3-6,11-13H,7-10H2,1-2H3,(H,19,23)(H,20,22)/t12-,13-/m0/s1. The monoisotopic (exact) mass is 329 g/mol. The molecule has 0 spiro atoms. The van der Waals surface area contributed by atoms with Gasteiger partial charge < -0.3 is 15.0 Å². The van der Waals surface area contributed by atoms with Gasteiger partial charge in [0.2, 0.25) is 0 Å². The number of carbonyl (C=O) groups is 1. The summed E-state index contributed by atoms with van der Waals surface area (Å²) < 4.78 is 5.37. The Hall–Kier alpha value is -2.18. The molecule has 1 amide bonds. The quantitative estimate of drug-likeness (QED) is 0.888. The second-order valence-electron chi connectivity index (χ2n) is 6.25. The van der Waals surface area contributed by atoms with E-state index in [0.717, 1.165) is 31.7 Å². The van der Waals surface area contributed by atoms with Gasteiger partial charge in [-0.05, 0) is 31.4 Å². The molecule has 0 radical (unpaired) electrons. The number of fused-ring (bicyclic) bond motifs is 1. The number of carbonyl (C=O) groups excluding carboxylic acids is 1. The lowest BCUT2D eigenvalue weighted by molar-refractivity contribution is 0.0137. The minimum Gasteiger partial charge on any atom is -0.379 e. The van der Waals surface area contributed by atoms with Gasteiger partial charge in [-0.2, -0.15) is 0 Å². The number of hydrogen-bond acceptors (Lipinski definition) is 4. The average molecular weight is 329 g/mol. The molecule has 0 bridgehead atoms. The predicted octanol–water partition coefficient (Wildman–Crippen LogP) is 1.37. The third-order valence-corrected chi connectivity index (χ3v) is 4.70. The summed E-state index contributed by atoms with van der Waals surface area (Å²) in [7, 11) is 0. The van der Waals surface area contributed by atoms with Gasteiger partial charge in [0, 0.05) is 30.6 Å². The molecule has 1 aromatic heterocycles. The van der Waals surface area contributed by atoms with Crippen LogP contribution in [0.2, 0.25) is 0 Å². The van der Waals surface area contributed by atoms with Crippen LogP contribution < -0.4 is 10.9 Å². The first-order valence-corrected chi connectivity index (χ1v) is 8.31. The summed E-state index contributed by atoms with van der Waals surface area (Å²) in [6.45, 7) is 7.27. The highest BCUT2D eigenvalue weighted by Gasteiger charge is 2.23. The number of nitrogens with zero attached hydrogens (tertiary/aromatic N) is 1. The number of pyridine rings is 1. The Kier molecular flexibility index (Phi) is 4.97. The molecular weight excluding hydrogens is 306 g/mol. The topological polar surface area (TPSA) is 74.4 Å². The summed E-state index contributed by atoms with van der Waals surface area (Å²) in [4.78, 5) is 29.6. The number of aromatic amines is 1. The van der Waals surface area contributed by atoms with E-state index in [9.17, 15) is 9.59 Å². The van der Waals surface area contributed by atoms with Crippen LogP contribution in [0.3, 0.4) is 0 Å². The smallest absolute Gasteiger partial charge is 0.268 e. The zero-order chi connectivity index (χ0) is 17.1. The third-order valence-electron chi connectivity index (χ3n) is 4.70. The molecule has 1 aromatic carbocycles. The molecule has 1 fully saturated rings. The molecule has 1 saturated heterocycles. The molecule has 2 atom stereocenters. The van der Waals surface area contributed by atoms with Gasteiger partial charge >= 0.3 is 0 Å². The molecule has 2 heterocycles. The molecular formula is C18H23N3O3. The average Bonchev–Trinajstić information content (AvgIpc) is 2.61. The van der Waals surface area contributed by atoms with Gasteiger partial charge in [0.25, 0.3) is 11.5 Å². The van der Waals surface area contributed by atoms with Crippen LogP contribution in [-0.2, 0) is 4.74 Å². The Bertz CT molecular complexity index is 780. The molecule has 1 aliphatic heterocycles. The van der Waals surface area contributed by atoms with E-state index in [1.54, 1.807) is 12.1 Å². The van der Waals surface area contributed by atoms with Gasteiger partial charge in [0.1, 0.15) is 5.69 Å². The van der Waals surface area contributed by atoms with Crippen molar-refractivity contribution in [2.75, 3.05) is 26.3 Å². The number of morpholine rings is 1. The summed E-state index contributed by atoms with van der Waals surface area (Å²) in [5, 5.41) is 4.34. The van der Waals surface area contributed by atoms with Crippen LogP contribution in [0, 0.1) is 0 Å². The Morgan fingerprint density at radius 1 is 1.25 bits per heavy atom. The van der Waals surface area contributed by atoms with Crippen LogP contribution in [0.15, 0.2) is 35.1 Å². The minimum absolute atomic E-state index is 0.0365. The van der Waals surface area contributed by atoms with E-state index >= 15 is 0 Å². The fourth-order valence-electron chi connectivity index (χ4n) is 3.04. The zero-order valence-electron chi connectivity index (χ0n) is 14.0. The number of amides is 1. The van der Waals surface area contributed by atoms with E-state index in [1.807, 2.05) is 25.1 Å². The molecule has 2 N–H and O–H groups in total. The highest BCUT2D eigenvalue weighted by molar-refractivity contribution is 5.96. The first-order valence-electron chi connectivity index (χ1n) is 8.31. The number of nitrogens with one attached hydrogen (secondary N) is 2. The Morgan fingerprint density at radius 2 is 1.96 bits per heavy atom. The Balaban J connectivity index is 1.73. The molecule has 0 unspecified atom stereocenters. The lowest BCUT2D eigenvalue weighted by atomic mass is 10.1. The van der Waals surface area contributed by atoms with Crippen LogP contribution in [0.1, 0.15) is 24.3 Å². The van der Waals surface area contributed by atoms with Gasteiger partial charge in [-0.1, -0.05) is 18.2 Å². The van der Waals surface area contributed by atoms with Gasteiger partial charge in [0.05, 0.1) is 13.2 Å². The van der Waals surface area contributed by atoms with Crippen LogP contribution in [0.5, 0.6) is 0 Å². The highest BCUT2D eigenvalue weighted by Crippen LogP contribution is 2.11. The molecule has 24 heavy (non-hydrogen) atoms. The predicted molar refractivity (Wildman–Crippen MR) is 93.4 cm³/mol. The van der Waals surface area contributed by atoms with Crippen molar-refractivity contribution in [2.45, 2.75) is 25.9 Å². The Morgan fingerprint density at radius 3 is 2.71 bits per heavy atom. The van der Waals surface area contributed by atoms with E-state index in [2.05, 4.69) is 22.1 Å². The fraction of sp³-hybridized carbons (Fsp3) is 0.444. The number of hydrogen-bond donors (Lipinski definition) is 2. The molecule has 6 heteroatoms. The summed E-state index contributed by atoms with van der Waals surface area (Å²) >= 11 is 0. The molecule has 0 saturated carbocycles. The van der Waals surface area contributed by atoms with Crippen LogP contribution in [-0.4, -0.2) is 54.2 Å². The number of benzene rings is 1. The van der Waals surface area contributed by atoms with Crippen LogP contribution in [0.4, 0.5) is 0 Å². The minimum atomic E-state index is -0.259. The van der Waals surface area contributed by atoms with Gasteiger partial charge in [0.15, 0.2) is 0 Å². The summed E-state index contributed by atoms with van der Waals surface area (Å²) in [6.07, 6.45) is 0. The van der Waals surface area contributed by atoms with Crippen molar-refractivity contribution >= 4 is 16.7 Å². The maximum absolute atomic E-state index is 12.5. The van der Waals surface area contributed by atoms with Crippen LogP contribution in [0.25, 0.3) is 10.8 Å². The highest BCUT2D eigenvalue weighted by atomic mass is 16.5. The van der Waals surface area contributed by atoms with E-state index in [-0.39, 0.29) is 23.6 Å². The third kappa shape index (κ3) is 3.49. The maximum atomic E-state index is 12.5. The molecule has 3 rings (SSSR count). The van der Waals surface area contributed by atoms with Crippen molar-refractivity contribution in [3.63, 3.8) is 0 Å². The zero-order valence-corrected chi connectivity index (χ0v) is 14.0. The van der Waals surface area contributed by atoms with Crippen molar-refractivity contribution in [1.82, 2.24) is 15.2 Å². The van der Waals surface area contributed by atoms with E-state index in [4.69, 9.17) is 4.74 Å². The number of ether oxygens (including phenoxy) is 1. The van der Waals surface area contributed by atoms with E-state index in [0.29, 0.717) is 11.1 Å². The first-order chi connectivity index (χ1) is 11.6. The number of aromatic nitrogens is 1. The summed E-state index contributed by atoms with van der Waals surface area (Å²) in [6, 6.07) is 9.13. The van der Waals surface area contributed by atoms with Crippen molar-refractivity contribution < 1.29 is 9.53 Å². The lowest BCUT2D eigenvalue weighted by Crippen LogP contribution is -2.52. The number of H-pyrrole nitrogens is 1. The van der Waals surface area contributed by atoms with Gasteiger partial charge in [-0.25, -0.2) is 0 Å². The van der Waals surface area contributed by atoms with Crippen LogP contribution >= 0.6 is 0 Å². The molecule has 2 aromatic rings. The number of rotatable bonds is 4. The van der Waals surface area contributed by atoms with E-state index < -0.39 is 0 Å². The largest absolute Gasteiger partial charge is 0.379 e.